The van der Waals surface area contributed by atoms with Crippen molar-refractivity contribution >= 4 is 5.91 Å². The van der Waals surface area contributed by atoms with E-state index in [0.29, 0.717) is 6.54 Å². The average molecular weight is 329 g/mol. The standard InChI is InChI=1S/C19H24FN3O/c1-14-12-15(2)23(22-14)11-5-10-21-18(24)19(8-4-9-19)16-6-3-7-17(20)13-16/h3,6-7,12-13H,4-5,8-11H2,1-2H3,(H,21,24). The molecule has 0 atom stereocenters. The molecule has 0 unspecified atom stereocenters. The van der Waals surface area contributed by atoms with E-state index in [-0.39, 0.29) is 11.7 Å². The molecule has 5 heteroatoms. The Morgan fingerprint density at radius 3 is 2.71 bits per heavy atom. The molecule has 1 aliphatic carbocycles. The first-order valence-electron chi connectivity index (χ1n) is 8.57. The first-order valence-corrected chi connectivity index (χ1v) is 8.57. The van der Waals surface area contributed by atoms with Crippen molar-refractivity contribution in [3.8, 4) is 0 Å². The number of nitrogens with one attached hydrogen (secondary N) is 1. The van der Waals surface area contributed by atoms with Crippen molar-refractivity contribution in [2.75, 3.05) is 6.54 Å². The summed E-state index contributed by atoms with van der Waals surface area (Å²) >= 11 is 0. The molecule has 128 valence electrons. The van der Waals surface area contributed by atoms with Gasteiger partial charge in [-0.05, 0) is 56.9 Å². The van der Waals surface area contributed by atoms with Crippen LogP contribution in [0.15, 0.2) is 30.3 Å². The van der Waals surface area contributed by atoms with Gasteiger partial charge in [-0.25, -0.2) is 4.39 Å². The van der Waals surface area contributed by atoms with Crippen LogP contribution < -0.4 is 5.32 Å². The lowest BCUT2D eigenvalue weighted by atomic mass is 9.64. The van der Waals surface area contributed by atoms with Gasteiger partial charge in [0.1, 0.15) is 5.82 Å². The average Bonchev–Trinajstić information content (AvgIpc) is 2.80. The predicted octanol–water partition coefficient (Wildman–Crippen LogP) is 3.27. The maximum atomic E-state index is 13.5. The number of carbonyl (C=O) groups is 1. The summed E-state index contributed by atoms with van der Waals surface area (Å²) in [6.45, 7) is 5.40. The van der Waals surface area contributed by atoms with Gasteiger partial charge in [-0.1, -0.05) is 18.6 Å². The van der Waals surface area contributed by atoms with Crippen molar-refractivity contribution in [1.82, 2.24) is 15.1 Å². The maximum Gasteiger partial charge on any atom is 0.230 e. The summed E-state index contributed by atoms with van der Waals surface area (Å²) in [4.78, 5) is 12.7. The first kappa shape index (κ1) is 16.7. The molecule has 0 spiro atoms. The molecular weight excluding hydrogens is 305 g/mol. The Morgan fingerprint density at radius 1 is 1.33 bits per heavy atom. The van der Waals surface area contributed by atoms with E-state index in [1.165, 1.54) is 12.1 Å². The summed E-state index contributed by atoms with van der Waals surface area (Å²) in [5.41, 5.74) is 2.40. The van der Waals surface area contributed by atoms with E-state index in [2.05, 4.69) is 10.4 Å². The molecular formula is C19H24FN3O. The molecule has 24 heavy (non-hydrogen) atoms. The highest BCUT2D eigenvalue weighted by Crippen LogP contribution is 2.44. The molecule has 0 saturated heterocycles. The third-order valence-corrected chi connectivity index (χ3v) is 4.95. The Kier molecular flexibility index (Phi) is 4.69. The van der Waals surface area contributed by atoms with Crippen LogP contribution in [0.1, 0.15) is 42.6 Å². The molecule has 3 rings (SSSR count). The molecule has 0 radical (unpaired) electrons. The molecule has 0 aliphatic heterocycles. The first-order chi connectivity index (χ1) is 11.5. The Bertz CT molecular complexity index is 734. The number of carbonyl (C=O) groups excluding carboxylic acids is 1. The minimum atomic E-state index is -0.541. The number of benzene rings is 1. The molecule has 1 aromatic carbocycles. The van der Waals surface area contributed by atoms with Gasteiger partial charge in [-0.2, -0.15) is 5.10 Å². The van der Waals surface area contributed by atoms with Crippen LogP contribution in [0.3, 0.4) is 0 Å². The van der Waals surface area contributed by atoms with Crippen molar-refractivity contribution in [3.05, 3.63) is 53.1 Å². The molecule has 1 N–H and O–H groups in total. The zero-order chi connectivity index (χ0) is 17.2. The van der Waals surface area contributed by atoms with Crippen molar-refractivity contribution in [3.63, 3.8) is 0 Å². The number of aromatic nitrogens is 2. The van der Waals surface area contributed by atoms with E-state index in [4.69, 9.17) is 0 Å². The van der Waals surface area contributed by atoms with E-state index >= 15 is 0 Å². The van der Waals surface area contributed by atoms with Crippen LogP contribution in [0.4, 0.5) is 4.39 Å². The highest BCUT2D eigenvalue weighted by atomic mass is 19.1. The fraction of sp³-hybridized carbons (Fsp3) is 0.474. The fourth-order valence-corrected chi connectivity index (χ4v) is 3.46. The van der Waals surface area contributed by atoms with Crippen LogP contribution in [-0.4, -0.2) is 22.2 Å². The third kappa shape index (κ3) is 3.21. The van der Waals surface area contributed by atoms with Crippen LogP contribution in [0.25, 0.3) is 0 Å². The Hall–Kier alpha value is -2.17. The Morgan fingerprint density at radius 2 is 2.12 bits per heavy atom. The van der Waals surface area contributed by atoms with E-state index < -0.39 is 5.41 Å². The van der Waals surface area contributed by atoms with Gasteiger partial charge in [0.25, 0.3) is 0 Å². The van der Waals surface area contributed by atoms with Crippen molar-refractivity contribution in [2.24, 2.45) is 0 Å². The molecule has 1 heterocycles. The second-order valence-electron chi connectivity index (χ2n) is 6.71. The maximum absolute atomic E-state index is 13.5. The molecule has 1 aromatic heterocycles. The predicted molar refractivity (Wildman–Crippen MR) is 91.3 cm³/mol. The number of nitrogens with zero attached hydrogens (tertiary/aromatic N) is 2. The lowest BCUT2D eigenvalue weighted by molar-refractivity contribution is -0.129. The molecule has 1 aliphatic rings. The van der Waals surface area contributed by atoms with E-state index in [1.54, 1.807) is 6.07 Å². The number of rotatable bonds is 6. The number of amides is 1. The van der Waals surface area contributed by atoms with Crippen LogP contribution in [0.5, 0.6) is 0 Å². The quantitative estimate of drug-likeness (QED) is 0.827. The number of halogens is 1. The van der Waals surface area contributed by atoms with Crippen LogP contribution in [0, 0.1) is 19.7 Å². The smallest absolute Gasteiger partial charge is 0.230 e. The van der Waals surface area contributed by atoms with Gasteiger partial charge in [-0.15, -0.1) is 0 Å². The number of aryl methyl sites for hydroxylation is 3. The van der Waals surface area contributed by atoms with E-state index in [0.717, 1.165) is 49.2 Å². The van der Waals surface area contributed by atoms with Gasteiger partial charge >= 0.3 is 0 Å². The third-order valence-electron chi connectivity index (χ3n) is 4.95. The number of hydrogen-bond donors (Lipinski definition) is 1. The van der Waals surface area contributed by atoms with Gasteiger partial charge in [0.15, 0.2) is 0 Å². The van der Waals surface area contributed by atoms with Gasteiger partial charge in [0.05, 0.1) is 11.1 Å². The summed E-state index contributed by atoms with van der Waals surface area (Å²) in [6, 6.07) is 8.50. The van der Waals surface area contributed by atoms with Crippen LogP contribution in [-0.2, 0) is 16.8 Å². The Balaban J connectivity index is 1.57. The minimum absolute atomic E-state index is 0.0210. The highest BCUT2D eigenvalue weighted by molar-refractivity contribution is 5.89. The van der Waals surface area contributed by atoms with Crippen LogP contribution in [0.2, 0.25) is 0 Å². The molecule has 0 bridgehead atoms. The zero-order valence-corrected chi connectivity index (χ0v) is 14.3. The second kappa shape index (κ2) is 6.75. The fourth-order valence-electron chi connectivity index (χ4n) is 3.46. The molecule has 1 fully saturated rings. The largest absolute Gasteiger partial charge is 0.355 e. The summed E-state index contributed by atoms with van der Waals surface area (Å²) in [5, 5.41) is 7.46. The number of hydrogen-bond acceptors (Lipinski definition) is 2. The van der Waals surface area contributed by atoms with Gasteiger partial charge in [-0.3, -0.25) is 9.48 Å². The van der Waals surface area contributed by atoms with Crippen molar-refractivity contribution in [1.29, 1.82) is 0 Å². The topological polar surface area (TPSA) is 46.9 Å². The normalized spacial score (nSPS) is 15.8. The van der Waals surface area contributed by atoms with Crippen molar-refractivity contribution in [2.45, 2.75) is 51.5 Å². The molecule has 1 saturated carbocycles. The highest BCUT2D eigenvalue weighted by Gasteiger charge is 2.45. The zero-order valence-electron chi connectivity index (χ0n) is 14.3. The summed E-state index contributed by atoms with van der Waals surface area (Å²) < 4.78 is 15.5. The summed E-state index contributed by atoms with van der Waals surface area (Å²) in [7, 11) is 0. The van der Waals surface area contributed by atoms with Gasteiger partial charge in [0.2, 0.25) is 5.91 Å². The van der Waals surface area contributed by atoms with E-state index in [9.17, 15) is 9.18 Å². The SMILES string of the molecule is Cc1cc(C)n(CCCNC(=O)C2(c3cccc(F)c3)CCC2)n1. The summed E-state index contributed by atoms with van der Waals surface area (Å²) in [5.74, 6) is -0.260. The lowest BCUT2D eigenvalue weighted by Gasteiger charge is -2.40. The van der Waals surface area contributed by atoms with Gasteiger partial charge < -0.3 is 5.32 Å². The summed E-state index contributed by atoms with van der Waals surface area (Å²) in [6.07, 6.45) is 3.42. The van der Waals surface area contributed by atoms with Crippen molar-refractivity contribution < 1.29 is 9.18 Å². The molecule has 1 amide bonds. The monoisotopic (exact) mass is 329 g/mol. The Labute approximate surface area is 142 Å². The lowest BCUT2D eigenvalue weighted by Crippen LogP contribution is -2.49. The molecule has 4 nitrogen and oxygen atoms in total. The molecule has 2 aromatic rings. The van der Waals surface area contributed by atoms with Gasteiger partial charge in [0, 0.05) is 18.8 Å². The minimum Gasteiger partial charge on any atom is -0.355 e. The second-order valence-corrected chi connectivity index (χ2v) is 6.71. The van der Waals surface area contributed by atoms with Crippen LogP contribution >= 0.6 is 0 Å². The van der Waals surface area contributed by atoms with E-state index in [1.807, 2.05) is 30.7 Å².